The SMILES string of the molecule is N#Cc1c(F)cccc1OCCC(=O)NN. The van der Waals surface area contributed by atoms with Crippen LogP contribution in [0.25, 0.3) is 0 Å². The van der Waals surface area contributed by atoms with Crippen molar-refractivity contribution in [3.05, 3.63) is 29.6 Å². The van der Waals surface area contributed by atoms with Crippen LogP contribution < -0.4 is 16.0 Å². The standard InChI is InChI=1S/C10H10FN3O2/c11-8-2-1-3-9(7(8)6-12)16-5-4-10(15)14-13/h1-3H,4-5,13H2,(H,14,15). The number of nitrogens with one attached hydrogen (secondary N) is 1. The Morgan fingerprint density at radius 3 is 3.00 bits per heavy atom. The predicted molar refractivity (Wildman–Crippen MR) is 53.6 cm³/mol. The fourth-order valence-corrected chi connectivity index (χ4v) is 1.06. The van der Waals surface area contributed by atoms with Crippen molar-refractivity contribution in [3.63, 3.8) is 0 Å². The van der Waals surface area contributed by atoms with Crippen LogP contribution in [-0.4, -0.2) is 12.5 Å². The molecular formula is C10H10FN3O2. The van der Waals surface area contributed by atoms with Crippen LogP contribution in [0.3, 0.4) is 0 Å². The number of carbonyl (C=O) groups is 1. The molecule has 84 valence electrons. The molecule has 1 rings (SSSR count). The maximum absolute atomic E-state index is 13.1. The summed E-state index contributed by atoms with van der Waals surface area (Å²) in [7, 11) is 0. The van der Waals surface area contributed by atoms with Gasteiger partial charge in [0.1, 0.15) is 23.2 Å². The number of halogens is 1. The second-order valence-electron chi connectivity index (χ2n) is 2.89. The van der Waals surface area contributed by atoms with E-state index in [0.29, 0.717) is 0 Å². The van der Waals surface area contributed by atoms with E-state index in [0.717, 1.165) is 6.07 Å². The number of benzene rings is 1. The molecule has 0 saturated carbocycles. The molecule has 0 aliphatic carbocycles. The molecule has 6 heteroatoms. The van der Waals surface area contributed by atoms with E-state index >= 15 is 0 Å². The van der Waals surface area contributed by atoms with Crippen LogP contribution in [0, 0.1) is 17.1 Å². The number of rotatable bonds is 4. The van der Waals surface area contributed by atoms with E-state index in [2.05, 4.69) is 0 Å². The molecular weight excluding hydrogens is 213 g/mol. The largest absolute Gasteiger partial charge is 0.492 e. The Balaban J connectivity index is 2.64. The number of ether oxygens (including phenoxy) is 1. The highest BCUT2D eigenvalue weighted by molar-refractivity contribution is 5.75. The minimum Gasteiger partial charge on any atom is -0.492 e. The van der Waals surface area contributed by atoms with Crippen molar-refractivity contribution in [2.24, 2.45) is 5.84 Å². The molecule has 0 aliphatic heterocycles. The summed E-state index contributed by atoms with van der Waals surface area (Å²) in [6, 6.07) is 5.74. The molecule has 16 heavy (non-hydrogen) atoms. The van der Waals surface area contributed by atoms with Crippen LogP contribution in [0.2, 0.25) is 0 Å². The number of nitrogens with zero attached hydrogens (tertiary/aromatic N) is 1. The summed E-state index contributed by atoms with van der Waals surface area (Å²) in [6.07, 6.45) is 0.0396. The minimum absolute atomic E-state index is 0.0289. The zero-order valence-corrected chi connectivity index (χ0v) is 8.37. The van der Waals surface area contributed by atoms with Crippen molar-refractivity contribution >= 4 is 5.91 Å². The smallest absolute Gasteiger partial charge is 0.237 e. The van der Waals surface area contributed by atoms with E-state index in [1.54, 1.807) is 6.07 Å². The molecule has 0 bridgehead atoms. The van der Waals surface area contributed by atoms with Crippen molar-refractivity contribution in [2.45, 2.75) is 6.42 Å². The van der Waals surface area contributed by atoms with Crippen LogP contribution in [0.15, 0.2) is 18.2 Å². The lowest BCUT2D eigenvalue weighted by molar-refractivity contribution is -0.121. The van der Waals surface area contributed by atoms with Crippen LogP contribution in [-0.2, 0) is 4.79 Å². The van der Waals surface area contributed by atoms with Gasteiger partial charge in [0.2, 0.25) is 5.91 Å². The number of nitriles is 1. The molecule has 0 saturated heterocycles. The molecule has 0 atom stereocenters. The second-order valence-corrected chi connectivity index (χ2v) is 2.89. The molecule has 0 fully saturated rings. The number of amides is 1. The zero-order valence-electron chi connectivity index (χ0n) is 8.37. The molecule has 0 radical (unpaired) electrons. The average molecular weight is 223 g/mol. The van der Waals surface area contributed by atoms with Gasteiger partial charge in [0, 0.05) is 0 Å². The molecule has 1 aromatic carbocycles. The summed E-state index contributed by atoms with van der Waals surface area (Å²) in [6.45, 7) is 0.0289. The maximum Gasteiger partial charge on any atom is 0.237 e. The van der Waals surface area contributed by atoms with Crippen molar-refractivity contribution in [1.82, 2.24) is 5.43 Å². The first-order valence-corrected chi connectivity index (χ1v) is 4.50. The molecule has 1 aromatic rings. The third-order valence-corrected chi connectivity index (χ3v) is 1.83. The Bertz CT molecular complexity index is 429. The Kier molecular flexibility index (Phi) is 4.24. The molecule has 0 aromatic heterocycles. The Hall–Kier alpha value is -2.13. The van der Waals surface area contributed by atoms with Gasteiger partial charge < -0.3 is 4.74 Å². The average Bonchev–Trinajstić information content (AvgIpc) is 2.29. The van der Waals surface area contributed by atoms with Gasteiger partial charge in [-0.3, -0.25) is 10.2 Å². The quantitative estimate of drug-likeness (QED) is 0.441. The van der Waals surface area contributed by atoms with Gasteiger partial charge in [-0.25, -0.2) is 10.2 Å². The first kappa shape index (κ1) is 11.9. The van der Waals surface area contributed by atoms with Crippen molar-refractivity contribution < 1.29 is 13.9 Å². The lowest BCUT2D eigenvalue weighted by Gasteiger charge is -2.07. The molecule has 0 spiro atoms. The second kappa shape index (κ2) is 5.68. The lowest BCUT2D eigenvalue weighted by Crippen LogP contribution is -2.31. The number of hydrazine groups is 1. The highest BCUT2D eigenvalue weighted by Gasteiger charge is 2.09. The molecule has 1 amide bonds. The van der Waals surface area contributed by atoms with Crippen LogP contribution in [0.5, 0.6) is 5.75 Å². The van der Waals surface area contributed by atoms with Crippen molar-refractivity contribution in [3.8, 4) is 11.8 Å². The zero-order chi connectivity index (χ0) is 12.0. The van der Waals surface area contributed by atoms with E-state index < -0.39 is 11.7 Å². The molecule has 3 N–H and O–H groups in total. The first-order valence-electron chi connectivity index (χ1n) is 4.50. The fourth-order valence-electron chi connectivity index (χ4n) is 1.06. The minimum atomic E-state index is -0.650. The predicted octanol–water partition coefficient (Wildman–Crippen LogP) is 0.456. The van der Waals surface area contributed by atoms with Gasteiger partial charge in [0.25, 0.3) is 0 Å². The third-order valence-electron chi connectivity index (χ3n) is 1.83. The topological polar surface area (TPSA) is 88.1 Å². The number of hydrogen-bond donors (Lipinski definition) is 2. The highest BCUT2D eigenvalue weighted by Crippen LogP contribution is 2.20. The van der Waals surface area contributed by atoms with E-state index in [-0.39, 0.29) is 24.3 Å². The summed E-state index contributed by atoms with van der Waals surface area (Å²) in [5.74, 6) is 3.94. The number of carbonyl (C=O) groups excluding carboxylic acids is 1. The summed E-state index contributed by atoms with van der Waals surface area (Å²) in [5, 5.41) is 8.68. The van der Waals surface area contributed by atoms with E-state index in [9.17, 15) is 9.18 Å². The van der Waals surface area contributed by atoms with Crippen LogP contribution in [0.1, 0.15) is 12.0 Å². The number of nitrogens with two attached hydrogens (primary N) is 1. The van der Waals surface area contributed by atoms with Crippen molar-refractivity contribution in [2.75, 3.05) is 6.61 Å². The van der Waals surface area contributed by atoms with E-state index in [1.807, 2.05) is 5.43 Å². The summed E-state index contributed by atoms with van der Waals surface area (Å²) >= 11 is 0. The fraction of sp³-hybridized carbons (Fsp3) is 0.200. The molecule has 0 aliphatic rings. The Morgan fingerprint density at radius 1 is 1.62 bits per heavy atom. The van der Waals surface area contributed by atoms with Crippen molar-refractivity contribution in [1.29, 1.82) is 5.26 Å². The summed E-state index contributed by atoms with van der Waals surface area (Å²) in [5.41, 5.74) is 1.76. The molecule has 0 heterocycles. The summed E-state index contributed by atoms with van der Waals surface area (Å²) in [4.78, 5) is 10.8. The lowest BCUT2D eigenvalue weighted by atomic mass is 10.2. The van der Waals surface area contributed by atoms with Gasteiger partial charge in [-0.05, 0) is 12.1 Å². The Morgan fingerprint density at radius 2 is 2.38 bits per heavy atom. The first-order chi connectivity index (χ1) is 7.69. The van der Waals surface area contributed by atoms with E-state index in [4.69, 9.17) is 15.8 Å². The third kappa shape index (κ3) is 2.93. The van der Waals surface area contributed by atoms with Gasteiger partial charge in [-0.2, -0.15) is 5.26 Å². The van der Waals surface area contributed by atoms with Crippen LogP contribution >= 0.6 is 0 Å². The Labute approximate surface area is 91.6 Å². The molecule has 5 nitrogen and oxygen atoms in total. The van der Waals surface area contributed by atoms with Gasteiger partial charge in [-0.1, -0.05) is 6.07 Å². The monoisotopic (exact) mass is 223 g/mol. The van der Waals surface area contributed by atoms with Gasteiger partial charge >= 0.3 is 0 Å². The van der Waals surface area contributed by atoms with Gasteiger partial charge in [0.05, 0.1) is 13.0 Å². The summed E-state index contributed by atoms with van der Waals surface area (Å²) < 4.78 is 18.2. The van der Waals surface area contributed by atoms with Crippen LogP contribution in [0.4, 0.5) is 4.39 Å². The van der Waals surface area contributed by atoms with E-state index in [1.165, 1.54) is 12.1 Å². The molecule has 0 unspecified atom stereocenters. The van der Waals surface area contributed by atoms with Gasteiger partial charge in [0.15, 0.2) is 0 Å². The highest BCUT2D eigenvalue weighted by atomic mass is 19.1. The maximum atomic E-state index is 13.1. The van der Waals surface area contributed by atoms with Gasteiger partial charge in [-0.15, -0.1) is 0 Å². The number of hydrogen-bond acceptors (Lipinski definition) is 4. The normalized spacial score (nSPS) is 9.31.